The van der Waals surface area contributed by atoms with Crippen LogP contribution in [0.3, 0.4) is 0 Å². The summed E-state index contributed by atoms with van der Waals surface area (Å²) < 4.78 is 6.90. The van der Waals surface area contributed by atoms with Crippen molar-refractivity contribution in [1.82, 2.24) is 30.3 Å². The Hall–Kier alpha value is -3.00. The number of hydrogen-bond acceptors (Lipinski definition) is 5. The van der Waals surface area contributed by atoms with Gasteiger partial charge >= 0.3 is 0 Å². The number of hydrogen-bond donors (Lipinski definition) is 2. The Labute approximate surface area is 138 Å². The van der Waals surface area contributed by atoms with E-state index in [1.54, 1.807) is 31.9 Å². The monoisotopic (exact) mass is 326 g/mol. The van der Waals surface area contributed by atoms with Crippen LogP contribution in [-0.4, -0.2) is 44.6 Å². The number of amides is 1. The maximum Gasteiger partial charge on any atom is 0.251 e. The quantitative estimate of drug-likeness (QED) is 0.681. The highest BCUT2D eigenvalue weighted by Gasteiger charge is 2.10. The standard InChI is InChI=1S/C16H18N6O2/c1-24-6-5-22-11-20-21-15(22)10-17-16(23)13-4-2-3-12(7-13)14-8-18-19-9-14/h2-4,7-9,11H,5-6,10H2,1H3,(H,17,23)(H,18,19). The van der Waals surface area contributed by atoms with Gasteiger partial charge in [0.05, 0.1) is 19.3 Å². The number of methoxy groups -OCH3 is 1. The minimum absolute atomic E-state index is 0.165. The molecule has 3 rings (SSSR count). The van der Waals surface area contributed by atoms with Gasteiger partial charge in [-0.3, -0.25) is 9.89 Å². The zero-order valence-electron chi connectivity index (χ0n) is 13.3. The lowest BCUT2D eigenvalue weighted by atomic mass is 10.1. The fourth-order valence-corrected chi connectivity index (χ4v) is 2.30. The first-order chi connectivity index (χ1) is 11.8. The van der Waals surface area contributed by atoms with E-state index in [-0.39, 0.29) is 5.91 Å². The molecule has 24 heavy (non-hydrogen) atoms. The third kappa shape index (κ3) is 3.66. The van der Waals surface area contributed by atoms with E-state index in [9.17, 15) is 4.79 Å². The zero-order valence-corrected chi connectivity index (χ0v) is 13.3. The van der Waals surface area contributed by atoms with E-state index < -0.39 is 0 Å². The number of carbonyl (C=O) groups excluding carboxylic acids is 1. The topological polar surface area (TPSA) is 97.7 Å². The number of aromatic amines is 1. The van der Waals surface area contributed by atoms with Gasteiger partial charge < -0.3 is 14.6 Å². The number of nitrogens with one attached hydrogen (secondary N) is 2. The fourth-order valence-electron chi connectivity index (χ4n) is 2.30. The number of rotatable bonds is 7. The number of nitrogens with zero attached hydrogens (tertiary/aromatic N) is 4. The average molecular weight is 326 g/mol. The molecular formula is C16H18N6O2. The van der Waals surface area contributed by atoms with E-state index in [2.05, 4.69) is 25.7 Å². The van der Waals surface area contributed by atoms with Crippen LogP contribution in [0.5, 0.6) is 0 Å². The molecule has 3 aromatic rings. The van der Waals surface area contributed by atoms with Crippen molar-refractivity contribution in [1.29, 1.82) is 0 Å². The van der Waals surface area contributed by atoms with E-state index in [0.29, 0.717) is 31.1 Å². The summed E-state index contributed by atoms with van der Waals surface area (Å²) in [5.74, 6) is 0.521. The van der Waals surface area contributed by atoms with Crippen LogP contribution in [0.25, 0.3) is 11.1 Å². The van der Waals surface area contributed by atoms with Crippen molar-refractivity contribution in [2.45, 2.75) is 13.1 Å². The minimum atomic E-state index is -0.165. The summed E-state index contributed by atoms with van der Waals surface area (Å²) in [6.07, 6.45) is 5.13. The SMILES string of the molecule is COCCn1cnnc1CNC(=O)c1cccc(-c2cn[nH]c2)c1. The van der Waals surface area contributed by atoms with Crippen molar-refractivity contribution >= 4 is 5.91 Å². The van der Waals surface area contributed by atoms with Gasteiger partial charge in [0.15, 0.2) is 5.82 Å². The molecule has 0 unspecified atom stereocenters. The van der Waals surface area contributed by atoms with Gasteiger partial charge in [-0.1, -0.05) is 12.1 Å². The number of benzene rings is 1. The predicted octanol–water partition coefficient (Wildman–Crippen LogP) is 1.24. The number of H-pyrrole nitrogens is 1. The second-order valence-corrected chi connectivity index (χ2v) is 5.18. The predicted molar refractivity (Wildman–Crippen MR) is 87.1 cm³/mol. The van der Waals surface area contributed by atoms with E-state index in [0.717, 1.165) is 11.1 Å². The van der Waals surface area contributed by atoms with Crippen LogP contribution < -0.4 is 5.32 Å². The Bertz CT molecular complexity index is 797. The third-order valence-electron chi connectivity index (χ3n) is 3.60. The first-order valence-corrected chi connectivity index (χ1v) is 7.51. The molecule has 1 amide bonds. The molecule has 0 fully saturated rings. The van der Waals surface area contributed by atoms with Crippen molar-refractivity contribution < 1.29 is 9.53 Å². The van der Waals surface area contributed by atoms with Gasteiger partial charge in [0.1, 0.15) is 6.33 Å². The van der Waals surface area contributed by atoms with Crippen LogP contribution in [-0.2, 0) is 17.8 Å². The highest BCUT2D eigenvalue weighted by atomic mass is 16.5. The van der Waals surface area contributed by atoms with Crippen LogP contribution in [0.1, 0.15) is 16.2 Å². The first kappa shape index (κ1) is 15.9. The van der Waals surface area contributed by atoms with Gasteiger partial charge in [-0.15, -0.1) is 10.2 Å². The first-order valence-electron chi connectivity index (χ1n) is 7.51. The van der Waals surface area contributed by atoms with Crippen LogP contribution >= 0.6 is 0 Å². The molecule has 2 heterocycles. The largest absolute Gasteiger partial charge is 0.383 e. The van der Waals surface area contributed by atoms with Crippen LogP contribution in [0, 0.1) is 0 Å². The van der Waals surface area contributed by atoms with E-state index in [1.807, 2.05) is 22.8 Å². The maximum atomic E-state index is 12.4. The summed E-state index contributed by atoms with van der Waals surface area (Å²) in [7, 11) is 1.64. The summed E-state index contributed by atoms with van der Waals surface area (Å²) in [4.78, 5) is 12.4. The van der Waals surface area contributed by atoms with E-state index in [1.165, 1.54) is 0 Å². The summed E-state index contributed by atoms with van der Waals surface area (Å²) >= 11 is 0. The van der Waals surface area contributed by atoms with Crippen molar-refractivity contribution in [3.05, 3.63) is 54.4 Å². The second-order valence-electron chi connectivity index (χ2n) is 5.18. The lowest BCUT2D eigenvalue weighted by molar-refractivity contribution is 0.0949. The molecule has 0 atom stereocenters. The molecule has 8 nitrogen and oxygen atoms in total. The Kier molecular flexibility index (Phi) is 4.97. The number of ether oxygens (including phenoxy) is 1. The minimum Gasteiger partial charge on any atom is -0.383 e. The highest BCUT2D eigenvalue weighted by Crippen LogP contribution is 2.18. The van der Waals surface area contributed by atoms with Crippen molar-refractivity contribution in [2.24, 2.45) is 0 Å². The van der Waals surface area contributed by atoms with Gasteiger partial charge in [-0.05, 0) is 17.7 Å². The molecule has 0 aliphatic heterocycles. The molecule has 0 bridgehead atoms. The molecule has 0 saturated heterocycles. The van der Waals surface area contributed by atoms with Gasteiger partial charge in [0.25, 0.3) is 5.91 Å². The number of aromatic nitrogens is 5. The van der Waals surface area contributed by atoms with Gasteiger partial charge in [0.2, 0.25) is 0 Å². The van der Waals surface area contributed by atoms with Gasteiger partial charge in [0, 0.05) is 31.0 Å². The molecule has 0 radical (unpaired) electrons. The van der Waals surface area contributed by atoms with Gasteiger partial charge in [-0.25, -0.2) is 0 Å². The summed E-state index contributed by atoms with van der Waals surface area (Å²) in [6, 6.07) is 7.38. The number of carbonyl (C=O) groups is 1. The summed E-state index contributed by atoms with van der Waals surface area (Å²) in [5, 5.41) is 17.4. The third-order valence-corrected chi connectivity index (χ3v) is 3.60. The Morgan fingerprint density at radius 2 is 2.29 bits per heavy atom. The molecule has 2 aromatic heterocycles. The lowest BCUT2D eigenvalue weighted by Gasteiger charge is -2.08. The zero-order chi connectivity index (χ0) is 16.8. The Morgan fingerprint density at radius 3 is 3.08 bits per heavy atom. The highest BCUT2D eigenvalue weighted by molar-refractivity contribution is 5.95. The van der Waals surface area contributed by atoms with Crippen LogP contribution in [0.2, 0.25) is 0 Å². The smallest absolute Gasteiger partial charge is 0.251 e. The maximum absolute atomic E-state index is 12.4. The van der Waals surface area contributed by atoms with Crippen LogP contribution in [0.4, 0.5) is 0 Å². The Balaban J connectivity index is 1.65. The molecular weight excluding hydrogens is 308 g/mol. The molecule has 1 aromatic carbocycles. The Morgan fingerprint density at radius 1 is 1.38 bits per heavy atom. The normalized spacial score (nSPS) is 10.7. The fraction of sp³-hybridized carbons (Fsp3) is 0.250. The molecule has 0 saturated carbocycles. The molecule has 0 aliphatic carbocycles. The van der Waals surface area contributed by atoms with E-state index in [4.69, 9.17) is 4.74 Å². The second kappa shape index (κ2) is 7.51. The van der Waals surface area contributed by atoms with E-state index >= 15 is 0 Å². The van der Waals surface area contributed by atoms with Gasteiger partial charge in [-0.2, -0.15) is 5.10 Å². The molecule has 2 N–H and O–H groups in total. The van der Waals surface area contributed by atoms with Crippen molar-refractivity contribution in [3.63, 3.8) is 0 Å². The molecule has 124 valence electrons. The lowest BCUT2D eigenvalue weighted by Crippen LogP contribution is -2.25. The van der Waals surface area contributed by atoms with Crippen molar-refractivity contribution in [2.75, 3.05) is 13.7 Å². The summed E-state index contributed by atoms with van der Waals surface area (Å²) in [5.41, 5.74) is 2.44. The molecule has 8 heteroatoms. The molecule has 0 spiro atoms. The average Bonchev–Trinajstić information content (AvgIpc) is 3.29. The summed E-state index contributed by atoms with van der Waals surface area (Å²) in [6.45, 7) is 1.51. The van der Waals surface area contributed by atoms with Crippen molar-refractivity contribution in [3.8, 4) is 11.1 Å². The van der Waals surface area contributed by atoms with Crippen LogP contribution in [0.15, 0.2) is 43.0 Å². The molecule has 0 aliphatic rings.